The van der Waals surface area contributed by atoms with Crippen molar-refractivity contribution in [3.05, 3.63) is 24.2 Å². The Kier molecular flexibility index (Phi) is 2.63. The van der Waals surface area contributed by atoms with Crippen LogP contribution in [-0.4, -0.2) is 17.7 Å². The number of aliphatic hydroxyl groups is 1. The second-order valence-corrected chi connectivity index (χ2v) is 5.82. The number of aliphatic hydroxyl groups excluding tert-OH is 1. The summed E-state index contributed by atoms with van der Waals surface area (Å²) in [6.07, 6.45) is 1.03. The van der Waals surface area contributed by atoms with Crippen LogP contribution in [0, 0.1) is 10.8 Å². The normalized spacial score (nSPS) is 24.3. The Morgan fingerprint density at radius 3 is 2.44 bits per heavy atom. The molecule has 1 atom stereocenters. The van der Waals surface area contributed by atoms with Crippen molar-refractivity contribution < 1.29 is 9.52 Å². The van der Waals surface area contributed by atoms with Crippen LogP contribution in [0.4, 0.5) is 0 Å². The van der Waals surface area contributed by atoms with Crippen molar-refractivity contribution in [1.29, 1.82) is 0 Å². The first-order valence-corrected chi connectivity index (χ1v) is 5.82. The Morgan fingerprint density at radius 1 is 1.38 bits per heavy atom. The molecule has 16 heavy (non-hydrogen) atoms. The standard InChI is InChI=1S/C13H21NO2/c1-12(2)11(13(12,3)4)14-8-9(15)10-6-5-7-16-10/h5-7,9,11,14-15H,8H2,1-4H3. The van der Waals surface area contributed by atoms with Gasteiger partial charge in [0.2, 0.25) is 0 Å². The summed E-state index contributed by atoms with van der Waals surface area (Å²) in [5.74, 6) is 0.628. The lowest BCUT2D eigenvalue weighted by Gasteiger charge is -2.10. The number of hydrogen-bond donors (Lipinski definition) is 2. The van der Waals surface area contributed by atoms with Crippen LogP contribution in [0.15, 0.2) is 22.8 Å². The van der Waals surface area contributed by atoms with Crippen LogP contribution in [0.5, 0.6) is 0 Å². The van der Waals surface area contributed by atoms with Crippen LogP contribution in [0.25, 0.3) is 0 Å². The minimum absolute atomic E-state index is 0.301. The van der Waals surface area contributed by atoms with Crippen LogP contribution >= 0.6 is 0 Å². The van der Waals surface area contributed by atoms with Gasteiger partial charge in [0.1, 0.15) is 11.9 Å². The molecule has 1 heterocycles. The van der Waals surface area contributed by atoms with E-state index in [4.69, 9.17) is 4.42 Å². The lowest BCUT2D eigenvalue weighted by Crippen LogP contribution is -2.27. The maximum atomic E-state index is 9.87. The smallest absolute Gasteiger partial charge is 0.133 e. The fraction of sp³-hybridized carbons (Fsp3) is 0.692. The number of hydrogen-bond acceptors (Lipinski definition) is 3. The first-order chi connectivity index (χ1) is 7.37. The lowest BCUT2D eigenvalue weighted by atomic mass is 10.0. The fourth-order valence-electron chi connectivity index (χ4n) is 2.52. The molecule has 0 aliphatic heterocycles. The topological polar surface area (TPSA) is 45.4 Å². The molecule has 2 N–H and O–H groups in total. The Morgan fingerprint density at radius 2 is 2.00 bits per heavy atom. The summed E-state index contributed by atoms with van der Waals surface area (Å²) in [7, 11) is 0. The van der Waals surface area contributed by atoms with Gasteiger partial charge in [-0.2, -0.15) is 0 Å². The van der Waals surface area contributed by atoms with Crippen molar-refractivity contribution >= 4 is 0 Å². The zero-order chi connectivity index (χ0) is 12.0. The maximum absolute atomic E-state index is 9.87. The highest BCUT2D eigenvalue weighted by atomic mass is 16.4. The molecule has 1 aromatic rings. The molecule has 1 aromatic heterocycles. The third kappa shape index (κ3) is 1.68. The minimum Gasteiger partial charge on any atom is -0.467 e. The van der Waals surface area contributed by atoms with E-state index in [0.717, 1.165) is 0 Å². The summed E-state index contributed by atoms with van der Waals surface area (Å²) < 4.78 is 5.16. The Hall–Kier alpha value is -0.800. The van der Waals surface area contributed by atoms with Gasteiger partial charge >= 0.3 is 0 Å². The van der Waals surface area contributed by atoms with Crippen molar-refractivity contribution in [2.45, 2.75) is 39.8 Å². The van der Waals surface area contributed by atoms with Gasteiger partial charge in [-0.25, -0.2) is 0 Å². The van der Waals surface area contributed by atoms with E-state index in [0.29, 0.717) is 29.2 Å². The second-order valence-electron chi connectivity index (χ2n) is 5.82. The van der Waals surface area contributed by atoms with Gasteiger partial charge in [-0.1, -0.05) is 27.7 Å². The predicted molar refractivity (Wildman–Crippen MR) is 63.0 cm³/mol. The SMILES string of the molecule is CC1(C)C(NCC(O)c2ccco2)C1(C)C. The highest BCUT2D eigenvalue weighted by Gasteiger charge is 2.64. The molecule has 1 saturated carbocycles. The van der Waals surface area contributed by atoms with Gasteiger partial charge in [0.15, 0.2) is 0 Å². The average molecular weight is 223 g/mol. The zero-order valence-electron chi connectivity index (χ0n) is 10.4. The van der Waals surface area contributed by atoms with Crippen LogP contribution < -0.4 is 5.32 Å². The molecular formula is C13H21NO2. The Balaban J connectivity index is 1.86. The molecule has 0 bridgehead atoms. The highest BCUT2D eigenvalue weighted by Crippen LogP contribution is 2.62. The van der Waals surface area contributed by atoms with E-state index in [-0.39, 0.29) is 0 Å². The van der Waals surface area contributed by atoms with Gasteiger partial charge in [-0.15, -0.1) is 0 Å². The van der Waals surface area contributed by atoms with Crippen molar-refractivity contribution in [2.24, 2.45) is 10.8 Å². The van der Waals surface area contributed by atoms with E-state index in [1.54, 1.807) is 18.4 Å². The molecule has 0 saturated heterocycles. The average Bonchev–Trinajstić information content (AvgIpc) is 2.66. The van der Waals surface area contributed by atoms with Gasteiger partial charge in [0.05, 0.1) is 6.26 Å². The van der Waals surface area contributed by atoms with E-state index in [1.165, 1.54) is 0 Å². The summed E-state index contributed by atoms with van der Waals surface area (Å²) in [6.45, 7) is 9.56. The van der Waals surface area contributed by atoms with Crippen LogP contribution in [0.1, 0.15) is 39.6 Å². The highest BCUT2D eigenvalue weighted by molar-refractivity contribution is 5.18. The molecule has 0 aromatic carbocycles. The summed E-state index contributed by atoms with van der Waals surface area (Å²) in [4.78, 5) is 0. The van der Waals surface area contributed by atoms with Crippen LogP contribution in [0.3, 0.4) is 0 Å². The van der Waals surface area contributed by atoms with E-state index >= 15 is 0 Å². The third-order valence-electron chi connectivity index (χ3n) is 4.41. The summed E-state index contributed by atoms with van der Waals surface area (Å²) >= 11 is 0. The molecule has 1 aliphatic carbocycles. The molecule has 1 fully saturated rings. The molecule has 3 heteroatoms. The fourth-order valence-corrected chi connectivity index (χ4v) is 2.52. The van der Waals surface area contributed by atoms with Crippen molar-refractivity contribution in [3.63, 3.8) is 0 Å². The number of furan rings is 1. The Labute approximate surface area is 96.8 Å². The van der Waals surface area contributed by atoms with Gasteiger partial charge in [0, 0.05) is 12.6 Å². The zero-order valence-corrected chi connectivity index (χ0v) is 10.4. The molecule has 0 amide bonds. The number of nitrogens with one attached hydrogen (secondary N) is 1. The first kappa shape index (κ1) is 11.7. The second kappa shape index (κ2) is 3.60. The van der Waals surface area contributed by atoms with Crippen LogP contribution in [-0.2, 0) is 0 Å². The van der Waals surface area contributed by atoms with Gasteiger partial charge in [-0.05, 0) is 23.0 Å². The van der Waals surface area contributed by atoms with Gasteiger partial charge in [0.25, 0.3) is 0 Å². The lowest BCUT2D eigenvalue weighted by molar-refractivity contribution is 0.145. The molecule has 1 unspecified atom stereocenters. The monoisotopic (exact) mass is 223 g/mol. The van der Waals surface area contributed by atoms with Crippen molar-refractivity contribution in [3.8, 4) is 0 Å². The molecule has 3 nitrogen and oxygen atoms in total. The van der Waals surface area contributed by atoms with Crippen molar-refractivity contribution in [2.75, 3.05) is 6.54 Å². The summed E-state index contributed by atoms with van der Waals surface area (Å²) in [5.41, 5.74) is 0.603. The molecule has 0 spiro atoms. The predicted octanol–water partition coefficient (Wildman–Crippen LogP) is 2.34. The van der Waals surface area contributed by atoms with E-state index in [1.807, 2.05) is 0 Å². The van der Waals surface area contributed by atoms with E-state index in [2.05, 4.69) is 33.0 Å². The molecule has 90 valence electrons. The third-order valence-corrected chi connectivity index (χ3v) is 4.41. The molecule has 0 radical (unpaired) electrons. The maximum Gasteiger partial charge on any atom is 0.133 e. The Bertz CT molecular complexity index is 340. The molecular weight excluding hydrogens is 202 g/mol. The van der Waals surface area contributed by atoms with E-state index in [9.17, 15) is 5.11 Å². The quantitative estimate of drug-likeness (QED) is 0.823. The summed E-state index contributed by atoms with van der Waals surface area (Å²) in [5, 5.41) is 13.3. The van der Waals surface area contributed by atoms with Crippen molar-refractivity contribution in [1.82, 2.24) is 5.32 Å². The number of rotatable bonds is 4. The van der Waals surface area contributed by atoms with Crippen LogP contribution in [0.2, 0.25) is 0 Å². The first-order valence-electron chi connectivity index (χ1n) is 5.82. The van der Waals surface area contributed by atoms with E-state index < -0.39 is 6.10 Å². The minimum atomic E-state index is -0.554. The summed E-state index contributed by atoms with van der Waals surface area (Å²) in [6, 6.07) is 4.06. The molecule has 1 aliphatic rings. The largest absolute Gasteiger partial charge is 0.467 e. The molecule has 2 rings (SSSR count). The van der Waals surface area contributed by atoms with Gasteiger partial charge in [-0.3, -0.25) is 0 Å². The van der Waals surface area contributed by atoms with Gasteiger partial charge < -0.3 is 14.8 Å².